The maximum atomic E-state index is 12.8. The summed E-state index contributed by atoms with van der Waals surface area (Å²) < 4.78 is 10.6. The fourth-order valence-corrected chi connectivity index (χ4v) is 4.40. The molecule has 4 rings (SSSR count). The van der Waals surface area contributed by atoms with Gasteiger partial charge in [-0.05, 0) is 51.8 Å². The smallest absolute Gasteiger partial charge is 0.412 e. The molecule has 37 heavy (non-hydrogen) atoms. The summed E-state index contributed by atoms with van der Waals surface area (Å²) >= 11 is 0. The van der Waals surface area contributed by atoms with E-state index in [1.165, 1.54) is 25.2 Å². The molecule has 2 aromatic heterocycles. The zero-order valence-corrected chi connectivity index (χ0v) is 21.4. The monoisotopic (exact) mass is 513 g/mol. The average molecular weight is 514 g/mol. The number of hydrogen-bond acceptors (Lipinski definition) is 10. The summed E-state index contributed by atoms with van der Waals surface area (Å²) in [6.07, 6.45) is 8.12. The number of amides is 3. The van der Waals surface area contributed by atoms with Gasteiger partial charge in [0.05, 0.1) is 25.0 Å². The van der Waals surface area contributed by atoms with E-state index in [1.807, 2.05) is 11.8 Å². The van der Waals surface area contributed by atoms with E-state index in [9.17, 15) is 9.59 Å². The number of nitrogens with zero attached hydrogens (tertiary/aromatic N) is 7. The van der Waals surface area contributed by atoms with Crippen molar-refractivity contribution < 1.29 is 19.1 Å². The predicted octanol–water partition coefficient (Wildman–Crippen LogP) is 2.44. The lowest BCUT2D eigenvalue weighted by atomic mass is 10.1. The lowest BCUT2D eigenvalue weighted by Crippen LogP contribution is -2.50. The molecule has 0 aromatic carbocycles. The highest BCUT2D eigenvalue weighted by Gasteiger charge is 2.28. The standard InChI is InChI=1S/C24H35N9O4/c1-3-36-21-16-26-20(15-27-21)29-23(34)31(2)18-7-6-12-33(17-18)22-25-9-8-19(28-22)30-24(35)37-14-13-32-10-4-5-11-32/h8-9,15-16,18H,3-7,10-14,17H2,1-2H3,(H,26,29,34)(H,25,28,30,35)/t18-/m1/s1. The van der Waals surface area contributed by atoms with Crippen molar-refractivity contribution in [3.63, 3.8) is 0 Å². The van der Waals surface area contributed by atoms with Crippen LogP contribution in [0.2, 0.25) is 0 Å². The van der Waals surface area contributed by atoms with Gasteiger partial charge in [0.1, 0.15) is 12.4 Å². The van der Waals surface area contributed by atoms with E-state index in [0.717, 1.165) is 39.0 Å². The van der Waals surface area contributed by atoms with E-state index in [0.29, 0.717) is 43.2 Å². The van der Waals surface area contributed by atoms with Crippen LogP contribution >= 0.6 is 0 Å². The minimum absolute atomic E-state index is 0.0554. The fraction of sp³-hybridized carbons (Fsp3) is 0.583. The van der Waals surface area contributed by atoms with E-state index >= 15 is 0 Å². The van der Waals surface area contributed by atoms with Gasteiger partial charge in [0.15, 0.2) is 5.82 Å². The van der Waals surface area contributed by atoms with Crippen LogP contribution in [0.4, 0.5) is 27.2 Å². The highest BCUT2D eigenvalue weighted by molar-refractivity contribution is 5.88. The van der Waals surface area contributed by atoms with Crippen LogP contribution in [0.5, 0.6) is 5.88 Å². The molecule has 0 saturated carbocycles. The minimum atomic E-state index is -0.533. The minimum Gasteiger partial charge on any atom is -0.477 e. The van der Waals surface area contributed by atoms with Crippen LogP contribution in [0.25, 0.3) is 0 Å². The first-order valence-corrected chi connectivity index (χ1v) is 12.7. The molecule has 3 amide bonds. The van der Waals surface area contributed by atoms with Crippen molar-refractivity contribution in [2.24, 2.45) is 0 Å². The third kappa shape index (κ3) is 7.62. The molecular weight excluding hydrogens is 478 g/mol. The number of aromatic nitrogens is 4. The van der Waals surface area contributed by atoms with Gasteiger partial charge in [-0.2, -0.15) is 4.98 Å². The van der Waals surface area contributed by atoms with Gasteiger partial charge in [-0.25, -0.2) is 24.5 Å². The Morgan fingerprint density at radius 1 is 1.08 bits per heavy atom. The Balaban J connectivity index is 1.27. The summed E-state index contributed by atoms with van der Waals surface area (Å²) in [5.74, 6) is 1.62. The molecule has 0 bridgehead atoms. The third-order valence-corrected chi connectivity index (χ3v) is 6.42. The molecule has 2 aliphatic heterocycles. The quantitative estimate of drug-likeness (QED) is 0.514. The number of ether oxygens (including phenoxy) is 2. The molecule has 2 N–H and O–H groups in total. The van der Waals surface area contributed by atoms with E-state index in [4.69, 9.17) is 9.47 Å². The second kappa shape index (κ2) is 13.0. The van der Waals surface area contributed by atoms with Gasteiger partial charge in [-0.1, -0.05) is 0 Å². The van der Waals surface area contributed by atoms with Crippen molar-refractivity contribution in [1.82, 2.24) is 29.7 Å². The number of likely N-dealkylation sites (tertiary alicyclic amines) is 1. The molecule has 1 atom stereocenters. The number of anilines is 3. The number of carbonyl (C=O) groups is 2. The summed E-state index contributed by atoms with van der Waals surface area (Å²) in [5, 5.41) is 5.46. The van der Waals surface area contributed by atoms with Crippen LogP contribution in [0, 0.1) is 0 Å². The summed E-state index contributed by atoms with van der Waals surface area (Å²) in [6.45, 7) is 6.86. The molecule has 0 unspecified atom stereocenters. The van der Waals surface area contributed by atoms with E-state index < -0.39 is 6.09 Å². The number of nitrogens with one attached hydrogen (secondary N) is 2. The van der Waals surface area contributed by atoms with Crippen LogP contribution in [0.15, 0.2) is 24.7 Å². The van der Waals surface area contributed by atoms with Gasteiger partial charge in [-0.3, -0.25) is 15.5 Å². The Morgan fingerprint density at radius 3 is 2.68 bits per heavy atom. The van der Waals surface area contributed by atoms with Crippen molar-refractivity contribution in [2.75, 3.05) is 68.5 Å². The van der Waals surface area contributed by atoms with E-state index in [-0.39, 0.29) is 12.1 Å². The van der Waals surface area contributed by atoms with Crippen LogP contribution in [0.1, 0.15) is 32.6 Å². The molecular formula is C24H35N9O4. The first kappa shape index (κ1) is 26.3. The molecule has 2 aromatic rings. The number of piperidine rings is 1. The fourth-order valence-electron chi connectivity index (χ4n) is 4.40. The zero-order valence-electron chi connectivity index (χ0n) is 21.4. The van der Waals surface area contributed by atoms with Crippen molar-refractivity contribution in [3.8, 4) is 5.88 Å². The number of likely N-dealkylation sites (N-methyl/N-ethyl adjacent to an activating group) is 1. The van der Waals surface area contributed by atoms with Gasteiger partial charge in [0.2, 0.25) is 11.8 Å². The maximum Gasteiger partial charge on any atom is 0.412 e. The molecule has 2 saturated heterocycles. The largest absolute Gasteiger partial charge is 0.477 e. The molecule has 200 valence electrons. The van der Waals surface area contributed by atoms with Crippen molar-refractivity contribution >= 4 is 29.7 Å². The molecule has 4 heterocycles. The first-order chi connectivity index (χ1) is 18.0. The maximum absolute atomic E-state index is 12.8. The Kier molecular flexibility index (Phi) is 9.24. The number of urea groups is 1. The molecule has 0 aliphatic carbocycles. The Hall–Kier alpha value is -3.74. The van der Waals surface area contributed by atoms with Crippen LogP contribution in [0.3, 0.4) is 0 Å². The molecule has 13 nitrogen and oxygen atoms in total. The van der Waals surface area contributed by atoms with Crippen molar-refractivity contribution in [1.29, 1.82) is 0 Å². The van der Waals surface area contributed by atoms with Gasteiger partial charge in [0.25, 0.3) is 0 Å². The van der Waals surface area contributed by atoms with E-state index in [2.05, 4.69) is 35.5 Å². The SMILES string of the molecule is CCOc1cnc(NC(=O)N(C)[C@@H]2CCCN(c3nccc(NC(=O)OCCN4CCCC4)n3)C2)cn1. The lowest BCUT2D eigenvalue weighted by Gasteiger charge is -2.37. The number of hydrogen-bond donors (Lipinski definition) is 2. The molecule has 0 radical (unpaired) electrons. The number of carbonyl (C=O) groups excluding carboxylic acids is 2. The van der Waals surface area contributed by atoms with Gasteiger partial charge in [-0.15, -0.1) is 0 Å². The Morgan fingerprint density at radius 2 is 1.92 bits per heavy atom. The molecule has 0 spiro atoms. The van der Waals surface area contributed by atoms with Gasteiger partial charge >= 0.3 is 12.1 Å². The second-order valence-electron chi connectivity index (χ2n) is 9.01. The topological polar surface area (TPSA) is 138 Å². The third-order valence-electron chi connectivity index (χ3n) is 6.42. The molecule has 13 heteroatoms. The van der Waals surface area contributed by atoms with Crippen LogP contribution < -0.4 is 20.3 Å². The zero-order chi connectivity index (χ0) is 26.0. The van der Waals surface area contributed by atoms with Crippen LogP contribution in [-0.2, 0) is 4.74 Å². The summed E-state index contributed by atoms with van der Waals surface area (Å²) in [7, 11) is 1.75. The Labute approximate surface area is 216 Å². The predicted molar refractivity (Wildman–Crippen MR) is 138 cm³/mol. The average Bonchev–Trinajstić information content (AvgIpc) is 3.43. The first-order valence-electron chi connectivity index (χ1n) is 12.7. The molecule has 2 aliphatic rings. The second-order valence-corrected chi connectivity index (χ2v) is 9.01. The van der Waals surface area contributed by atoms with Gasteiger partial charge in [0, 0.05) is 32.9 Å². The lowest BCUT2D eigenvalue weighted by molar-refractivity contribution is 0.146. The summed E-state index contributed by atoms with van der Waals surface area (Å²) in [6, 6.07) is 1.29. The summed E-state index contributed by atoms with van der Waals surface area (Å²) in [4.78, 5) is 48.1. The normalized spacial score (nSPS) is 17.8. The summed E-state index contributed by atoms with van der Waals surface area (Å²) in [5.41, 5.74) is 0. The van der Waals surface area contributed by atoms with Crippen molar-refractivity contribution in [3.05, 3.63) is 24.7 Å². The van der Waals surface area contributed by atoms with Crippen LogP contribution in [-0.4, -0.2) is 101 Å². The van der Waals surface area contributed by atoms with Crippen molar-refractivity contribution in [2.45, 2.75) is 38.6 Å². The number of rotatable bonds is 9. The highest BCUT2D eigenvalue weighted by Crippen LogP contribution is 2.21. The van der Waals surface area contributed by atoms with Gasteiger partial charge < -0.3 is 19.3 Å². The molecule has 2 fully saturated rings. The Bertz CT molecular complexity index is 1030. The highest BCUT2D eigenvalue weighted by atomic mass is 16.5. The van der Waals surface area contributed by atoms with E-state index in [1.54, 1.807) is 24.2 Å².